The van der Waals surface area contributed by atoms with E-state index in [2.05, 4.69) is 16.8 Å². The third-order valence-corrected chi connectivity index (χ3v) is 14.3. The first-order chi connectivity index (χ1) is 24.4. The van der Waals surface area contributed by atoms with Gasteiger partial charge in [0.2, 0.25) is 6.10 Å². The molecule has 2 saturated carbocycles. The summed E-state index contributed by atoms with van der Waals surface area (Å²) in [5.74, 6) is -3.39. The zero-order chi connectivity index (χ0) is 38.0. The molecule has 2 saturated heterocycles. The molecule has 0 spiro atoms. The van der Waals surface area contributed by atoms with Crippen LogP contribution in [0.25, 0.3) is 0 Å². The quantitative estimate of drug-likeness (QED) is 0.254. The van der Waals surface area contributed by atoms with Gasteiger partial charge in [-0.15, -0.1) is 0 Å². The molecule has 11 atom stereocenters. The van der Waals surface area contributed by atoms with E-state index < -0.39 is 81.7 Å². The number of rotatable bonds is 9. The van der Waals surface area contributed by atoms with Crippen molar-refractivity contribution in [3.05, 3.63) is 47.0 Å². The summed E-state index contributed by atoms with van der Waals surface area (Å²) in [5.41, 5.74) is -2.96. The second-order valence-corrected chi connectivity index (χ2v) is 17.5. The van der Waals surface area contributed by atoms with Gasteiger partial charge in [0.05, 0.1) is 29.8 Å². The van der Waals surface area contributed by atoms with Crippen LogP contribution >= 0.6 is 0 Å². The smallest absolute Gasteiger partial charge is 0.348 e. The monoisotopic (exact) mass is 724 g/mol. The van der Waals surface area contributed by atoms with Crippen LogP contribution in [0.5, 0.6) is 0 Å². The Hall–Kier alpha value is -2.67. The highest BCUT2D eigenvalue weighted by molar-refractivity contribution is 5.93. The number of likely N-dealkylation sites (N-methyl/N-ethyl adjacent to an activating group) is 1. The number of nitrogens with zero attached hydrogens (tertiary/aromatic N) is 2. The van der Waals surface area contributed by atoms with E-state index in [1.54, 1.807) is 13.8 Å². The number of hydrogen-bond donors (Lipinski definition) is 3. The number of aliphatic hydroxyl groups excluding tert-OH is 2. The fourth-order valence-electron chi connectivity index (χ4n) is 10.8. The fraction of sp³-hybridized carbons (Fsp3) is 0.732. The van der Waals surface area contributed by atoms with E-state index in [4.69, 9.17) is 14.2 Å². The molecule has 1 unspecified atom stereocenters. The summed E-state index contributed by atoms with van der Waals surface area (Å²) in [6, 6.07) is 9.35. The van der Waals surface area contributed by atoms with Crippen molar-refractivity contribution < 1.29 is 43.9 Å². The van der Waals surface area contributed by atoms with Crippen LogP contribution < -0.4 is 0 Å². The lowest BCUT2D eigenvalue weighted by Crippen LogP contribution is -2.75. The van der Waals surface area contributed by atoms with E-state index >= 15 is 0 Å². The average Bonchev–Trinajstić information content (AvgIpc) is 3.10. The van der Waals surface area contributed by atoms with Crippen LogP contribution in [0.3, 0.4) is 0 Å². The number of Topliss-reactive ketones (excluding diaryl/α,β-unsaturated/α-hetero) is 1. The zero-order valence-corrected chi connectivity index (χ0v) is 32.3. The van der Waals surface area contributed by atoms with Crippen molar-refractivity contribution in [1.29, 1.82) is 0 Å². The summed E-state index contributed by atoms with van der Waals surface area (Å²) in [6.07, 6.45) is -4.26. The Balaban J connectivity index is 1.29. The Morgan fingerprint density at radius 1 is 1.06 bits per heavy atom. The Labute approximate surface area is 308 Å². The number of benzene rings is 1. The molecule has 2 heterocycles. The van der Waals surface area contributed by atoms with Crippen molar-refractivity contribution in [2.24, 2.45) is 28.1 Å². The van der Waals surface area contributed by atoms with Crippen LogP contribution in [-0.4, -0.2) is 125 Å². The number of hydrogen-bond acceptors (Lipinski definition) is 11. The Morgan fingerprint density at radius 2 is 1.71 bits per heavy atom. The molecular weight excluding hydrogens is 664 g/mol. The van der Waals surface area contributed by atoms with Gasteiger partial charge < -0.3 is 39.3 Å². The van der Waals surface area contributed by atoms with E-state index in [9.17, 15) is 29.7 Å². The van der Waals surface area contributed by atoms with Crippen molar-refractivity contribution in [1.82, 2.24) is 9.80 Å². The number of esters is 2. The molecule has 0 aromatic heterocycles. The molecule has 4 fully saturated rings. The largest absolute Gasteiger partial charge is 0.455 e. The van der Waals surface area contributed by atoms with Crippen LogP contribution in [0.15, 0.2) is 41.5 Å². The number of ether oxygens (including phenoxy) is 3. The average molecular weight is 725 g/mol. The van der Waals surface area contributed by atoms with Crippen molar-refractivity contribution in [2.75, 3.05) is 46.4 Å². The number of ketones is 1. The Kier molecular flexibility index (Phi) is 10.7. The highest BCUT2D eigenvalue weighted by Crippen LogP contribution is 2.66. The second-order valence-electron chi connectivity index (χ2n) is 17.5. The molecule has 1 aromatic carbocycles. The molecule has 3 N–H and O–H groups in total. The first-order valence-corrected chi connectivity index (χ1v) is 19.2. The highest BCUT2D eigenvalue weighted by atomic mass is 16.6. The van der Waals surface area contributed by atoms with E-state index in [1.165, 1.54) is 0 Å². The summed E-state index contributed by atoms with van der Waals surface area (Å²) in [7, 11) is 2.10. The predicted molar refractivity (Wildman–Crippen MR) is 194 cm³/mol. The lowest BCUT2D eigenvalue weighted by molar-refractivity contribution is -0.302. The van der Waals surface area contributed by atoms with Gasteiger partial charge in [0.15, 0.2) is 5.78 Å². The van der Waals surface area contributed by atoms with Crippen molar-refractivity contribution in [3.8, 4) is 0 Å². The third kappa shape index (κ3) is 6.27. The van der Waals surface area contributed by atoms with Crippen LogP contribution in [0.4, 0.5) is 0 Å². The molecular formula is C41H60N2O9. The van der Waals surface area contributed by atoms with Gasteiger partial charge in [-0.25, -0.2) is 4.79 Å². The second kappa shape index (κ2) is 14.2. The van der Waals surface area contributed by atoms with Crippen LogP contribution in [0.1, 0.15) is 85.6 Å². The summed E-state index contributed by atoms with van der Waals surface area (Å²) in [4.78, 5) is 46.8. The minimum Gasteiger partial charge on any atom is -0.455 e. The van der Waals surface area contributed by atoms with Gasteiger partial charge in [-0.3, -0.25) is 9.59 Å². The number of carbonyl (C=O) groups is 3. The molecule has 3 aliphatic carbocycles. The molecule has 52 heavy (non-hydrogen) atoms. The third-order valence-electron chi connectivity index (χ3n) is 14.3. The van der Waals surface area contributed by atoms with Crippen molar-refractivity contribution >= 4 is 17.7 Å². The molecule has 5 aliphatic rings. The SMILES string of the molecule is CC1=C2[C@@H](O)C(=O)[C@@]3(C)C([C@H](C)[C@](O)(C[C@@H]1OC(=O)[C@H](OC(=O)CCCN1CCN(C)CC1)[C@@H](C)c1ccccc1)C2(C)C)[C@]1(C)CO[C@@H]1C[C@@H]3O. The van der Waals surface area contributed by atoms with Gasteiger partial charge in [0.1, 0.15) is 12.2 Å². The summed E-state index contributed by atoms with van der Waals surface area (Å²) >= 11 is 0. The van der Waals surface area contributed by atoms with E-state index in [0.29, 0.717) is 24.2 Å². The van der Waals surface area contributed by atoms with Gasteiger partial charge in [0.25, 0.3) is 0 Å². The summed E-state index contributed by atoms with van der Waals surface area (Å²) < 4.78 is 18.1. The maximum atomic E-state index is 14.5. The predicted octanol–water partition coefficient (Wildman–Crippen LogP) is 3.49. The van der Waals surface area contributed by atoms with Gasteiger partial charge >= 0.3 is 11.9 Å². The van der Waals surface area contributed by atoms with Gasteiger partial charge in [-0.2, -0.15) is 0 Å². The van der Waals surface area contributed by atoms with Crippen LogP contribution in [-0.2, 0) is 28.6 Å². The number of fused-ring (bicyclic) bond motifs is 5. The molecule has 2 bridgehead atoms. The topological polar surface area (TPSA) is 146 Å². The summed E-state index contributed by atoms with van der Waals surface area (Å²) in [6.45, 7) is 17.9. The molecule has 6 rings (SSSR count). The number of carbonyl (C=O) groups excluding carboxylic acids is 3. The minimum atomic E-state index is -1.64. The van der Waals surface area contributed by atoms with Crippen molar-refractivity contribution in [3.63, 3.8) is 0 Å². The standard InChI is InChI=1S/C41H60N2O9/c1-24(27-13-10-9-11-14-27)34(52-31(45)15-12-16-43-19-17-42(8)18-20-43)37(48)51-28-22-41(49)26(3)35-39(6)23-50-30(39)21-29(44)40(35,7)36(47)33(46)32(25(28)2)38(41,4)5/h9-11,13-14,24,26,28-30,33-35,44,46,49H,12,15-23H2,1-8H3/t24-,26-,28-,29-,30+,33+,34+,35?,39+,40+,41+/m0/s1. The fourth-order valence-corrected chi connectivity index (χ4v) is 10.8. The number of aliphatic hydroxyl groups is 3. The minimum absolute atomic E-state index is 0.00115. The van der Waals surface area contributed by atoms with E-state index in [-0.39, 0.29) is 25.4 Å². The lowest BCUT2D eigenvalue weighted by atomic mass is 9.40. The number of piperazine rings is 1. The van der Waals surface area contributed by atoms with Crippen LogP contribution in [0, 0.1) is 28.1 Å². The molecule has 2 aliphatic heterocycles. The van der Waals surface area contributed by atoms with Gasteiger partial charge in [-0.1, -0.05) is 65.0 Å². The maximum absolute atomic E-state index is 14.5. The Bertz CT molecular complexity index is 1560. The molecule has 0 radical (unpaired) electrons. The maximum Gasteiger partial charge on any atom is 0.348 e. The molecule has 1 aromatic rings. The Morgan fingerprint density at radius 3 is 2.33 bits per heavy atom. The molecule has 11 nitrogen and oxygen atoms in total. The highest BCUT2D eigenvalue weighted by Gasteiger charge is 2.73. The molecule has 11 heteroatoms. The summed E-state index contributed by atoms with van der Waals surface area (Å²) in [5, 5.41) is 36.5. The lowest BCUT2D eigenvalue weighted by Gasteiger charge is -2.68. The van der Waals surface area contributed by atoms with Gasteiger partial charge in [0, 0.05) is 62.2 Å². The molecule has 0 amide bonds. The van der Waals surface area contributed by atoms with E-state index in [0.717, 1.165) is 38.3 Å². The normalized spacial score (nSPS) is 38.9. The van der Waals surface area contributed by atoms with E-state index in [1.807, 2.05) is 65.0 Å². The zero-order valence-electron chi connectivity index (χ0n) is 32.3. The first-order valence-electron chi connectivity index (χ1n) is 19.2. The van der Waals surface area contributed by atoms with Gasteiger partial charge in [-0.05, 0) is 62.4 Å². The van der Waals surface area contributed by atoms with Crippen molar-refractivity contribution in [2.45, 2.75) is 116 Å². The first kappa shape index (κ1) is 39.0. The van der Waals surface area contributed by atoms with Crippen LogP contribution in [0.2, 0.25) is 0 Å². The molecule has 288 valence electrons.